The monoisotopic (exact) mass is 336 g/mol. The van der Waals surface area contributed by atoms with E-state index in [0.29, 0.717) is 23.1 Å². The summed E-state index contributed by atoms with van der Waals surface area (Å²) in [5.41, 5.74) is 5.78. The Bertz CT molecular complexity index is 419. The third-order valence-corrected chi connectivity index (χ3v) is 3.47. The van der Waals surface area contributed by atoms with E-state index in [9.17, 15) is 9.18 Å². The highest BCUT2D eigenvalue weighted by atomic mass is 79.9. The van der Waals surface area contributed by atoms with Gasteiger partial charge in [-0.05, 0) is 47.4 Å². The molecule has 18 heavy (non-hydrogen) atoms. The molecule has 0 bridgehead atoms. The first-order chi connectivity index (χ1) is 8.45. The second-order valence-corrected chi connectivity index (χ2v) is 5.33. The van der Waals surface area contributed by atoms with E-state index >= 15 is 0 Å². The minimum atomic E-state index is -0.457. The number of halogens is 3. The van der Waals surface area contributed by atoms with E-state index in [1.165, 1.54) is 6.07 Å². The fourth-order valence-corrected chi connectivity index (χ4v) is 2.36. The summed E-state index contributed by atoms with van der Waals surface area (Å²) < 4.78 is 13.5. The highest BCUT2D eigenvalue weighted by molar-refractivity contribution is 9.10. The van der Waals surface area contributed by atoms with Crippen LogP contribution in [-0.2, 0) is 4.79 Å². The number of carbonyl (C=O) groups excluding carboxylic acids is 1. The Morgan fingerprint density at radius 3 is 2.83 bits per heavy atom. The predicted molar refractivity (Wildman–Crippen MR) is 75.2 cm³/mol. The quantitative estimate of drug-likeness (QED) is 0.863. The molecular formula is C12H15BrClFN2O. The van der Waals surface area contributed by atoms with Crippen molar-refractivity contribution >= 4 is 39.1 Å². The van der Waals surface area contributed by atoms with Gasteiger partial charge in [0.15, 0.2) is 0 Å². The number of amides is 1. The van der Waals surface area contributed by atoms with E-state index in [1.54, 1.807) is 0 Å². The number of anilines is 1. The van der Waals surface area contributed by atoms with Gasteiger partial charge in [0.25, 0.3) is 0 Å². The second-order valence-electron chi connectivity index (χ2n) is 4.07. The van der Waals surface area contributed by atoms with Crippen molar-refractivity contribution in [3.8, 4) is 0 Å². The van der Waals surface area contributed by atoms with E-state index in [1.807, 2.05) is 6.92 Å². The van der Waals surface area contributed by atoms with Gasteiger partial charge in [0, 0.05) is 10.4 Å². The lowest BCUT2D eigenvalue weighted by Crippen LogP contribution is -2.21. The maximum Gasteiger partial charge on any atom is 0.227 e. The number of hydrogen-bond acceptors (Lipinski definition) is 2. The van der Waals surface area contributed by atoms with Gasteiger partial charge < -0.3 is 11.1 Å². The predicted octanol–water partition coefficient (Wildman–Crippen LogP) is 3.56. The fraction of sp³-hybridized carbons (Fsp3) is 0.417. The summed E-state index contributed by atoms with van der Waals surface area (Å²) in [7, 11) is 0. The van der Waals surface area contributed by atoms with Gasteiger partial charge in [0.05, 0.1) is 10.7 Å². The van der Waals surface area contributed by atoms with Gasteiger partial charge in [-0.15, -0.1) is 0 Å². The maximum absolute atomic E-state index is 13.0. The first kappa shape index (κ1) is 15.4. The third kappa shape index (κ3) is 4.23. The molecule has 0 aliphatic heterocycles. The molecule has 100 valence electrons. The number of hydrogen-bond donors (Lipinski definition) is 2. The summed E-state index contributed by atoms with van der Waals surface area (Å²) in [6.07, 6.45) is 1.49. The van der Waals surface area contributed by atoms with Gasteiger partial charge in [0.2, 0.25) is 5.91 Å². The van der Waals surface area contributed by atoms with Gasteiger partial charge in [-0.2, -0.15) is 0 Å². The molecule has 0 aliphatic carbocycles. The molecule has 6 heteroatoms. The number of rotatable bonds is 5. The third-order valence-electron chi connectivity index (χ3n) is 2.54. The summed E-state index contributed by atoms with van der Waals surface area (Å²) in [6.45, 7) is 2.37. The molecular weight excluding hydrogens is 322 g/mol. The van der Waals surface area contributed by atoms with E-state index in [-0.39, 0.29) is 16.8 Å². The Balaban J connectivity index is 2.76. The van der Waals surface area contributed by atoms with Crippen LogP contribution in [0.3, 0.4) is 0 Å². The maximum atomic E-state index is 13.0. The van der Waals surface area contributed by atoms with Crippen LogP contribution in [0.2, 0.25) is 5.02 Å². The molecule has 0 heterocycles. The van der Waals surface area contributed by atoms with Crippen LogP contribution in [0.1, 0.15) is 19.8 Å². The lowest BCUT2D eigenvalue weighted by Gasteiger charge is -2.14. The van der Waals surface area contributed by atoms with Gasteiger partial charge in [-0.3, -0.25) is 4.79 Å². The number of benzene rings is 1. The van der Waals surface area contributed by atoms with E-state index in [2.05, 4.69) is 21.2 Å². The highest BCUT2D eigenvalue weighted by Crippen LogP contribution is 2.32. The molecule has 1 unspecified atom stereocenters. The molecule has 0 spiro atoms. The standard InChI is InChI=1S/C12H15BrClFN2O/c1-7(3-2-4-16)12(18)17-11-9(13)5-8(15)6-10(11)14/h5-7H,2-4,16H2,1H3,(H,17,18). The lowest BCUT2D eigenvalue weighted by molar-refractivity contribution is -0.119. The first-order valence-corrected chi connectivity index (χ1v) is 6.78. The summed E-state index contributed by atoms with van der Waals surface area (Å²) in [5.74, 6) is -0.778. The van der Waals surface area contributed by atoms with E-state index in [0.717, 1.165) is 12.5 Å². The van der Waals surface area contributed by atoms with Crippen LogP contribution in [0.25, 0.3) is 0 Å². The van der Waals surface area contributed by atoms with Crippen LogP contribution in [-0.4, -0.2) is 12.5 Å². The average molecular weight is 338 g/mol. The molecule has 0 radical (unpaired) electrons. The van der Waals surface area contributed by atoms with Gasteiger partial charge in [-0.25, -0.2) is 4.39 Å². The normalized spacial score (nSPS) is 12.3. The number of nitrogens with two attached hydrogens (primary N) is 1. The molecule has 0 saturated carbocycles. The Morgan fingerprint density at radius 2 is 2.28 bits per heavy atom. The van der Waals surface area contributed by atoms with Crippen molar-refractivity contribution in [3.63, 3.8) is 0 Å². The zero-order chi connectivity index (χ0) is 13.7. The molecule has 3 N–H and O–H groups in total. The smallest absolute Gasteiger partial charge is 0.227 e. The van der Waals surface area contributed by atoms with Crippen LogP contribution in [0.5, 0.6) is 0 Å². The SMILES string of the molecule is CC(CCCN)C(=O)Nc1c(Cl)cc(F)cc1Br. The van der Waals surface area contributed by atoms with Gasteiger partial charge in [-0.1, -0.05) is 18.5 Å². The number of carbonyl (C=O) groups is 1. The van der Waals surface area contributed by atoms with Crippen LogP contribution in [0.4, 0.5) is 10.1 Å². The van der Waals surface area contributed by atoms with Crippen molar-refractivity contribution in [3.05, 3.63) is 27.4 Å². The second kappa shape index (κ2) is 7.07. The largest absolute Gasteiger partial charge is 0.330 e. The lowest BCUT2D eigenvalue weighted by atomic mass is 10.0. The van der Waals surface area contributed by atoms with Crippen molar-refractivity contribution in [1.82, 2.24) is 0 Å². The average Bonchev–Trinajstić information content (AvgIpc) is 2.30. The molecule has 0 fully saturated rings. The molecule has 3 nitrogen and oxygen atoms in total. The molecule has 1 amide bonds. The number of nitrogens with one attached hydrogen (secondary N) is 1. The van der Waals surface area contributed by atoms with E-state index in [4.69, 9.17) is 17.3 Å². The topological polar surface area (TPSA) is 55.1 Å². The summed E-state index contributed by atoms with van der Waals surface area (Å²) >= 11 is 9.05. The minimum absolute atomic E-state index is 0.155. The zero-order valence-electron chi connectivity index (χ0n) is 9.97. The van der Waals surface area contributed by atoms with Crippen LogP contribution >= 0.6 is 27.5 Å². The summed E-state index contributed by atoms with van der Waals surface area (Å²) in [4.78, 5) is 11.9. The van der Waals surface area contributed by atoms with Crippen LogP contribution in [0, 0.1) is 11.7 Å². The van der Waals surface area contributed by atoms with Crippen molar-refractivity contribution < 1.29 is 9.18 Å². The summed E-state index contributed by atoms with van der Waals surface area (Å²) in [6, 6.07) is 2.42. The van der Waals surface area contributed by atoms with E-state index < -0.39 is 5.82 Å². The highest BCUT2D eigenvalue weighted by Gasteiger charge is 2.16. The van der Waals surface area contributed by atoms with Crippen molar-refractivity contribution in [2.24, 2.45) is 11.7 Å². The molecule has 0 aromatic heterocycles. The minimum Gasteiger partial charge on any atom is -0.330 e. The molecule has 0 aliphatic rings. The Morgan fingerprint density at radius 1 is 1.61 bits per heavy atom. The molecule has 1 aromatic carbocycles. The van der Waals surface area contributed by atoms with Crippen LogP contribution in [0.15, 0.2) is 16.6 Å². The first-order valence-electron chi connectivity index (χ1n) is 5.61. The zero-order valence-corrected chi connectivity index (χ0v) is 12.3. The summed E-state index contributed by atoms with van der Waals surface area (Å²) in [5, 5.41) is 2.86. The molecule has 1 rings (SSSR count). The van der Waals surface area contributed by atoms with Crippen molar-refractivity contribution in [1.29, 1.82) is 0 Å². The molecule has 0 saturated heterocycles. The van der Waals surface area contributed by atoms with Gasteiger partial charge >= 0.3 is 0 Å². The van der Waals surface area contributed by atoms with Crippen LogP contribution < -0.4 is 11.1 Å². The van der Waals surface area contributed by atoms with Gasteiger partial charge in [0.1, 0.15) is 5.82 Å². The Kier molecular flexibility index (Phi) is 6.05. The fourth-order valence-electron chi connectivity index (χ4n) is 1.46. The molecule has 1 aromatic rings. The van der Waals surface area contributed by atoms with Crippen molar-refractivity contribution in [2.75, 3.05) is 11.9 Å². The Hall–Kier alpha value is -0.650. The molecule has 1 atom stereocenters. The Labute approximate surface area is 119 Å². The van der Waals surface area contributed by atoms with Crippen molar-refractivity contribution in [2.45, 2.75) is 19.8 Å².